The number of rotatable bonds is 7. The summed E-state index contributed by atoms with van der Waals surface area (Å²) in [4.78, 5) is 29.9. The zero-order valence-corrected chi connectivity index (χ0v) is 18.3. The van der Waals surface area contributed by atoms with Crippen molar-refractivity contribution < 1.29 is 14.3 Å². The SMILES string of the molecule is COc1ccc(C)cc1C(=O)CCC(=O)Nc1cc(C)nn1-c1ccc2ccccc2n1. The second-order valence-electron chi connectivity index (χ2n) is 7.62. The van der Waals surface area contributed by atoms with E-state index in [1.165, 1.54) is 7.11 Å². The molecule has 0 aliphatic rings. The van der Waals surface area contributed by atoms with Gasteiger partial charge in [0.2, 0.25) is 5.91 Å². The molecule has 0 saturated carbocycles. The first-order chi connectivity index (χ1) is 15.4. The van der Waals surface area contributed by atoms with Gasteiger partial charge in [-0.15, -0.1) is 0 Å². The third-order valence-corrected chi connectivity index (χ3v) is 5.13. The fourth-order valence-electron chi connectivity index (χ4n) is 3.54. The minimum atomic E-state index is -0.271. The van der Waals surface area contributed by atoms with Crippen LogP contribution >= 0.6 is 0 Å². The molecule has 0 radical (unpaired) electrons. The first kappa shape index (κ1) is 21.2. The van der Waals surface area contributed by atoms with Gasteiger partial charge in [0.05, 0.1) is 23.9 Å². The fraction of sp³-hybridized carbons (Fsp3) is 0.200. The van der Waals surface area contributed by atoms with Gasteiger partial charge >= 0.3 is 0 Å². The predicted molar refractivity (Wildman–Crippen MR) is 124 cm³/mol. The summed E-state index contributed by atoms with van der Waals surface area (Å²) in [6.07, 6.45) is 0.123. The molecule has 2 heterocycles. The molecular formula is C25H24N4O3. The van der Waals surface area contributed by atoms with E-state index in [4.69, 9.17) is 4.74 Å². The summed E-state index contributed by atoms with van der Waals surface area (Å²) in [6, 6.07) is 18.8. The zero-order chi connectivity index (χ0) is 22.7. The molecule has 1 amide bonds. The topological polar surface area (TPSA) is 86.1 Å². The van der Waals surface area contributed by atoms with Gasteiger partial charge in [0.15, 0.2) is 11.6 Å². The van der Waals surface area contributed by atoms with E-state index >= 15 is 0 Å². The number of benzene rings is 2. The van der Waals surface area contributed by atoms with Gasteiger partial charge in [-0.3, -0.25) is 9.59 Å². The molecule has 4 aromatic rings. The van der Waals surface area contributed by atoms with Crippen molar-refractivity contribution in [3.63, 3.8) is 0 Å². The molecule has 7 heteroatoms. The van der Waals surface area contributed by atoms with Gasteiger partial charge in [-0.1, -0.05) is 29.8 Å². The number of para-hydroxylation sites is 1. The number of Topliss-reactive ketones (excluding diaryl/α,β-unsaturated/α-hetero) is 1. The summed E-state index contributed by atoms with van der Waals surface area (Å²) in [5.41, 5.74) is 3.03. The number of carbonyl (C=O) groups excluding carboxylic acids is 2. The molecule has 32 heavy (non-hydrogen) atoms. The number of ketones is 1. The van der Waals surface area contributed by atoms with Crippen molar-refractivity contribution in [2.24, 2.45) is 0 Å². The zero-order valence-electron chi connectivity index (χ0n) is 18.3. The third-order valence-electron chi connectivity index (χ3n) is 5.13. The van der Waals surface area contributed by atoms with E-state index in [0.29, 0.717) is 22.9 Å². The van der Waals surface area contributed by atoms with Crippen LogP contribution in [0.1, 0.15) is 34.5 Å². The summed E-state index contributed by atoms with van der Waals surface area (Å²) in [6.45, 7) is 3.76. The maximum atomic E-state index is 12.7. The highest BCUT2D eigenvalue weighted by molar-refractivity contribution is 6.01. The van der Waals surface area contributed by atoms with E-state index in [9.17, 15) is 9.59 Å². The van der Waals surface area contributed by atoms with Gasteiger partial charge < -0.3 is 10.1 Å². The molecule has 0 fully saturated rings. The van der Waals surface area contributed by atoms with Crippen LogP contribution in [0.15, 0.2) is 60.7 Å². The lowest BCUT2D eigenvalue weighted by Gasteiger charge is -2.10. The highest BCUT2D eigenvalue weighted by atomic mass is 16.5. The van der Waals surface area contributed by atoms with Crippen molar-refractivity contribution in [3.05, 3.63) is 77.5 Å². The number of anilines is 1. The number of pyridine rings is 1. The van der Waals surface area contributed by atoms with E-state index in [1.807, 2.05) is 56.3 Å². The Kier molecular flexibility index (Phi) is 5.98. The van der Waals surface area contributed by atoms with Gasteiger partial charge in [0.1, 0.15) is 11.6 Å². The first-order valence-electron chi connectivity index (χ1n) is 10.3. The second kappa shape index (κ2) is 9.01. The number of methoxy groups -OCH3 is 1. The van der Waals surface area contributed by atoms with Crippen LogP contribution < -0.4 is 10.1 Å². The lowest BCUT2D eigenvalue weighted by atomic mass is 10.0. The van der Waals surface area contributed by atoms with Crippen LogP contribution in [-0.4, -0.2) is 33.6 Å². The van der Waals surface area contributed by atoms with Crippen LogP contribution in [-0.2, 0) is 4.79 Å². The Labute approximate surface area is 186 Å². The lowest BCUT2D eigenvalue weighted by molar-refractivity contribution is -0.116. The molecule has 2 aromatic heterocycles. The van der Waals surface area contributed by atoms with Gasteiger partial charge in [-0.2, -0.15) is 9.78 Å². The largest absolute Gasteiger partial charge is 0.496 e. The molecule has 0 saturated heterocycles. The van der Waals surface area contributed by atoms with Crippen LogP contribution in [0.3, 0.4) is 0 Å². The summed E-state index contributed by atoms with van der Waals surface area (Å²) in [7, 11) is 1.53. The maximum absolute atomic E-state index is 12.7. The molecule has 0 atom stereocenters. The van der Waals surface area contributed by atoms with E-state index in [0.717, 1.165) is 22.2 Å². The lowest BCUT2D eigenvalue weighted by Crippen LogP contribution is -2.16. The fourth-order valence-corrected chi connectivity index (χ4v) is 3.54. The molecule has 2 aromatic carbocycles. The summed E-state index contributed by atoms with van der Waals surface area (Å²) >= 11 is 0. The number of fused-ring (bicyclic) bond motifs is 1. The molecule has 4 rings (SSSR count). The molecule has 0 unspecified atom stereocenters. The smallest absolute Gasteiger partial charge is 0.225 e. The molecular weight excluding hydrogens is 404 g/mol. The average Bonchev–Trinajstić information content (AvgIpc) is 3.16. The maximum Gasteiger partial charge on any atom is 0.225 e. The normalized spacial score (nSPS) is 10.8. The average molecular weight is 428 g/mol. The predicted octanol–water partition coefficient (Wildman–Crippen LogP) is 4.65. The first-order valence-corrected chi connectivity index (χ1v) is 10.3. The minimum absolute atomic E-state index is 0.0469. The van der Waals surface area contributed by atoms with Crippen molar-refractivity contribution in [3.8, 4) is 11.6 Å². The summed E-state index contributed by atoms with van der Waals surface area (Å²) in [5.74, 6) is 1.22. The van der Waals surface area contributed by atoms with E-state index < -0.39 is 0 Å². The number of amides is 1. The Morgan fingerprint density at radius 2 is 1.81 bits per heavy atom. The molecule has 0 aliphatic heterocycles. The molecule has 0 aliphatic carbocycles. The number of ether oxygens (including phenoxy) is 1. The van der Waals surface area contributed by atoms with Crippen molar-refractivity contribution in [2.75, 3.05) is 12.4 Å². The van der Waals surface area contributed by atoms with Crippen molar-refractivity contribution >= 4 is 28.4 Å². The minimum Gasteiger partial charge on any atom is -0.496 e. The van der Waals surface area contributed by atoms with E-state index in [1.54, 1.807) is 22.9 Å². The van der Waals surface area contributed by atoms with Crippen molar-refractivity contribution in [1.82, 2.24) is 14.8 Å². The Hall–Kier alpha value is -4.00. The molecule has 0 bridgehead atoms. The third kappa shape index (κ3) is 4.51. The Balaban J connectivity index is 1.48. The monoisotopic (exact) mass is 428 g/mol. The molecule has 7 nitrogen and oxygen atoms in total. The van der Waals surface area contributed by atoms with Crippen LogP contribution in [0.25, 0.3) is 16.7 Å². The molecule has 1 N–H and O–H groups in total. The second-order valence-corrected chi connectivity index (χ2v) is 7.62. The van der Waals surface area contributed by atoms with Crippen LogP contribution in [0.2, 0.25) is 0 Å². The number of nitrogens with one attached hydrogen (secondary N) is 1. The number of aromatic nitrogens is 3. The van der Waals surface area contributed by atoms with Gasteiger partial charge in [0.25, 0.3) is 0 Å². The van der Waals surface area contributed by atoms with Crippen molar-refractivity contribution in [1.29, 1.82) is 0 Å². The van der Waals surface area contributed by atoms with Crippen molar-refractivity contribution in [2.45, 2.75) is 26.7 Å². The Morgan fingerprint density at radius 3 is 2.62 bits per heavy atom. The molecule has 0 spiro atoms. The van der Waals surface area contributed by atoms with Crippen LogP contribution in [0.4, 0.5) is 5.82 Å². The number of nitrogens with zero attached hydrogens (tertiary/aromatic N) is 3. The standard InChI is InChI=1S/C25H24N4O3/c1-16-8-11-22(32-3)19(14-16)21(30)10-13-25(31)27-24-15-17(2)28-29(24)23-12-9-18-6-4-5-7-20(18)26-23/h4-9,11-12,14-15H,10,13H2,1-3H3,(H,27,31). The highest BCUT2D eigenvalue weighted by Crippen LogP contribution is 2.23. The van der Waals surface area contributed by atoms with Gasteiger partial charge in [-0.05, 0) is 44.2 Å². The summed E-state index contributed by atoms with van der Waals surface area (Å²) < 4.78 is 6.88. The van der Waals surface area contributed by atoms with Gasteiger partial charge in [0, 0.05) is 24.3 Å². The summed E-state index contributed by atoms with van der Waals surface area (Å²) in [5, 5.41) is 8.36. The highest BCUT2D eigenvalue weighted by Gasteiger charge is 2.16. The Bertz CT molecular complexity index is 1310. The van der Waals surface area contributed by atoms with Crippen LogP contribution in [0.5, 0.6) is 5.75 Å². The van der Waals surface area contributed by atoms with Crippen LogP contribution in [0, 0.1) is 13.8 Å². The van der Waals surface area contributed by atoms with E-state index in [2.05, 4.69) is 15.4 Å². The molecule has 162 valence electrons. The number of carbonyl (C=O) groups is 2. The number of hydrogen-bond acceptors (Lipinski definition) is 5. The number of hydrogen-bond donors (Lipinski definition) is 1. The van der Waals surface area contributed by atoms with E-state index in [-0.39, 0.29) is 24.5 Å². The quantitative estimate of drug-likeness (QED) is 0.433. The van der Waals surface area contributed by atoms with Gasteiger partial charge in [-0.25, -0.2) is 4.98 Å². The number of aryl methyl sites for hydroxylation is 2. The Morgan fingerprint density at radius 1 is 1.00 bits per heavy atom.